The van der Waals surface area contributed by atoms with Crippen LogP contribution in [-0.2, 0) is 6.42 Å². The zero-order valence-corrected chi connectivity index (χ0v) is 12.8. The fourth-order valence-corrected chi connectivity index (χ4v) is 2.91. The van der Waals surface area contributed by atoms with E-state index < -0.39 is 0 Å². The Morgan fingerprint density at radius 2 is 2.21 bits per heavy atom. The van der Waals surface area contributed by atoms with Gasteiger partial charge in [-0.2, -0.15) is 0 Å². The second-order valence-electron chi connectivity index (χ2n) is 5.42. The zero-order chi connectivity index (χ0) is 13.8. The number of rotatable bonds is 4. The standard InChI is InChI=1S/C14H23ClN4/c1-4-6-12-13(15)16-10-17-14(12)19-8-5-7-11(9-19)18(2)3/h10-11H,4-9H2,1-3H3. The minimum Gasteiger partial charge on any atom is -0.355 e. The van der Waals surface area contributed by atoms with Crippen molar-refractivity contribution >= 4 is 17.4 Å². The molecule has 5 heteroatoms. The van der Waals surface area contributed by atoms with Crippen molar-refractivity contribution in [1.29, 1.82) is 0 Å². The quantitative estimate of drug-likeness (QED) is 0.795. The molecule has 106 valence electrons. The molecule has 2 rings (SSSR count). The summed E-state index contributed by atoms with van der Waals surface area (Å²) < 4.78 is 0. The molecule has 0 amide bonds. The third kappa shape index (κ3) is 3.37. The van der Waals surface area contributed by atoms with E-state index in [0.717, 1.165) is 37.3 Å². The summed E-state index contributed by atoms with van der Waals surface area (Å²) in [6.45, 7) is 4.25. The number of aromatic nitrogens is 2. The van der Waals surface area contributed by atoms with Crippen LogP contribution in [0.3, 0.4) is 0 Å². The van der Waals surface area contributed by atoms with Crippen molar-refractivity contribution in [2.75, 3.05) is 32.1 Å². The van der Waals surface area contributed by atoms with Crippen LogP contribution in [0, 0.1) is 0 Å². The highest BCUT2D eigenvalue weighted by atomic mass is 35.5. The van der Waals surface area contributed by atoms with Crippen LogP contribution >= 0.6 is 11.6 Å². The molecule has 1 aliphatic rings. The third-order valence-electron chi connectivity index (χ3n) is 3.80. The lowest BCUT2D eigenvalue weighted by molar-refractivity contribution is 0.257. The number of halogens is 1. The van der Waals surface area contributed by atoms with Crippen molar-refractivity contribution in [1.82, 2.24) is 14.9 Å². The van der Waals surface area contributed by atoms with Gasteiger partial charge >= 0.3 is 0 Å². The van der Waals surface area contributed by atoms with Gasteiger partial charge in [0.15, 0.2) is 0 Å². The van der Waals surface area contributed by atoms with Gasteiger partial charge in [0.05, 0.1) is 0 Å². The van der Waals surface area contributed by atoms with Crippen molar-refractivity contribution in [2.45, 2.75) is 38.6 Å². The lowest BCUT2D eigenvalue weighted by Gasteiger charge is -2.37. The average Bonchev–Trinajstić information content (AvgIpc) is 2.41. The van der Waals surface area contributed by atoms with Gasteiger partial charge in [0.25, 0.3) is 0 Å². The number of hydrogen-bond acceptors (Lipinski definition) is 4. The minimum atomic E-state index is 0.594. The summed E-state index contributed by atoms with van der Waals surface area (Å²) >= 11 is 6.24. The van der Waals surface area contributed by atoms with Gasteiger partial charge in [0.2, 0.25) is 0 Å². The summed E-state index contributed by atoms with van der Waals surface area (Å²) in [6, 6.07) is 0.594. The largest absolute Gasteiger partial charge is 0.355 e. The molecule has 0 spiro atoms. The summed E-state index contributed by atoms with van der Waals surface area (Å²) in [5, 5.41) is 0.610. The molecule has 1 aromatic rings. The third-order valence-corrected chi connectivity index (χ3v) is 4.12. The van der Waals surface area contributed by atoms with Crippen molar-refractivity contribution < 1.29 is 0 Å². The molecule has 0 aliphatic carbocycles. The molecular formula is C14H23ClN4. The molecule has 1 fully saturated rings. The molecule has 0 saturated carbocycles. The van der Waals surface area contributed by atoms with Crippen molar-refractivity contribution in [2.24, 2.45) is 0 Å². The first-order valence-electron chi connectivity index (χ1n) is 7.04. The lowest BCUT2D eigenvalue weighted by Crippen LogP contribution is -2.45. The van der Waals surface area contributed by atoms with Crippen LogP contribution in [0.2, 0.25) is 5.15 Å². The van der Waals surface area contributed by atoms with E-state index in [9.17, 15) is 0 Å². The zero-order valence-electron chi connectivity index (χ0n) is 12.1. The van der Waals surface area contributed by atoms with E-state index in [0.29, 0.717) is 11.2 Å². The van der Waals surface area contributed by atoms with Gasteiger partial charge in [-0.15, -0.1) is 0 Å². The second kappa shape index (κ2) is 6.53. The summed E-state index contributed by atoms with van der Waals surface area (Å²) in [5.74, 6) is 1.04. The first-order chi connectivity index (χ1) is 9.13. The van der Waals surface area contributed by atoms with Crippen LogP contribution in [0.1, 0.15) is 31.7 Å². The Hall–Kier alpha value is -0.870. The fraction of sp³-hybridized carbons (Fsp3) is 0.714. The Labute approximate surface area is 120 Å². The van der Waals surface area contributed by atoms with E-state index in [1.54, 1.807) is 6.33 Å². The highest BCUT2D eigenvalue weighted by Gasteiger charge is 2.24. The van der Waals surface area contributed by atoms with E-state index in [4.69, 9.17) is 11.6 Å². The van der Waals surface area contributed by atoms with Gasteiger partial charge < -0.3 is 9.80 Å². The highest BCUT2D eigenvalue weighted by molar-refractivity contribution is 6.30. The van der Waals surface area contributed by atoms with Crippen LogP contribution in [-0.4, -0.2) is 48.1 Å². The van der Waals surface area contributed by atoms with Crippen LogP contribution < -0.4 is 4.90 Å². The number of hydrogen-bond donors (Lipinski definition) is 0. The van der Waals surface area contributed by atoms with E-state index in [1.807, 2.05) is 0 Å². The molecule has 1 saturated heterocycles. The van der Waals surface area contributed by atoms with Gasteiger partial charge in [-0.05, 0) is 33.4 Å². The second-order valence-corrected chi connectivity index (χ2v) is 5.78. The Kier molecular flexibility index (Phi) is 4.99. The van der Waals surface area contributed by atoms with Crippen molar-refractivity contribution in [3.05, 3.63) is 17.0 Å². The average molecular weight is 283 g/mol. The number of piperidine rings is 1. The van der Waals surface area contributed by atoms with Crippen LogP contribution in [0.25, 0.3) is 0 Å². The molecule has 1 aromatic heterocycles. The molecule has 1 atom stereocenters. The monoisotopic (exact) mass is 282 g/mol. The van der Waals surface area contributed by atoms with Gasteiger partial charge in [-0.3, -0.25) is 0 Å². The molecule has 1 aliphatic heterocycles. The normalized spacial score (nSPS) is 20.1. The molecule has 19 heavy (non-hydrogen) atoms. The lowest BCUT2D eigenvalue weighted by atomic mass is 10.0. The number of nitrogens with zero attached hydrogens (tertiary/aromatic N) is 4. The van der Waals surface area contributed by atoms with Gasteiger partial charge in [-0.1, -0.05) is 24.9 Å². The first kappa shape index (κ1) is 14.5. The van der Waals surface area contributed by atoms with Gasteiger partial charge in [0, 0.05) is 24.7 Å². The topological polar surface area (TPSA) is 32.3 Å². The summed E-state index contributed by atoms with van der Waals surface area (Å²) in [5.41, 5.74) is 1.10. The van der Waals surface area contributed by atoms with E-state index in [-0.39, 0.29) is 0 Å². The maximum absolute atomic E-state index is 6.24. The highest BCUT2D eigenvalue weighted by Crippen LogP contribution is 2.27. The number of likely N-dealkylation sites (N-methyl/N-ethyl adjacent to an activating group) is 1. The first-order valence-corrected chi connectivity index (χ1v) is 7.42. The van der Waals surface area contributed by atoms with Gasteiger partial charge in [0.1, 0.15) is 17.3 Å². The predicted octanol–water partition coefficient (Wildman–Crippen LogP) is 2.61. The molecule has 1 unspecified atom stereocenters. The van der Waals surface area contributed by atoms with Crippen LogP contribution in [0.5, 0.6) is 0 Å². The van der Waals surface area contributed by atoms with E-state index >= 15 is 0 Å². The maximum Gasteiger partial charge on any atom is 0.137 e. The Bertz CT molecular complexity index is 422. The summed E-state index contributed by atoms with van der Waals surface area (Å²) in [4.78, 5) is 13.3. The molecule has 2 heterocycles. The van der Waals surface area contributed by atoms with Crippen LogP contribution in [0.4, 0.5) is 5.82 Å². The Morgan fingerprint density at radius 1 is 1.42 bits per heavy atom. The SMILES string of the molecule is CCCc1c(Cl)ncnc1N1CCCC(N(C)C)C1. The van der Waals surface area contributed by atoms with Crippen molar-refractivity contribution in [3.8, 4) is 0 Å². The molecule has 4 nitrogen and oxygen atoms in total. The van der Waals surface area contributed by atoms with E-state index in [1.165, 1.54) is 12.8 Å². The predicted molar refractivity (Wildman–Crippen MR) is 80.0 cm³/mol. The molecule has 0 bridgehead atoms. The Balaban J connectivity index is 2.23. The summed E-state index contributed by atoms with van der Waals surface area (Å²) in [6.07, 6.45) is 6.04. The van der Waals surface area contributed by atoms with E-state index in [2.05, 4.69) is 40.8 Å². The van der Waals surface area contributed by atoms with Gasteiger partial charge in [-0.25, -0.2) is 9.97 Å². The van der Waals surface area contributed by atoms with Crippen LogP contribution in [0.15, 0.2) is 6.33 Å². The molecular weight excluding hydrogens is 260 g/mol. The molecule has 0 radical (unpaired) electrons. The fourth-order valence-electron chi connectivity index (χ4n) is 2.69. The molecule has 0 aromatic carbocycles. The van der Waals surface area contributed by atoms with Crippen molar-refractivity contribution in [3.63, 3.8) is 0 Å². The minimum absolute atomic E-state index is 0.594. The Morgan fingerprint density at radius 3 is 2.89 bits per heavy atom. The smallest absolute Gasteiger partial charge is 0.137 e. The summed E-state index contributed by atoms with van der Waals surface area (Å²) in [7, 11) is 4.29. The number of anilines is 1. The maximum atomic E-state index is 6.24. The molecule has 0 N–H and O–H groups in total.